The number of ether oxygens (including phenoxy) is 1. The molecular formula is C24H29N3O3. The van der Waals surface area contributed by atoms with Crippen LogP contribution in [0.3, 0.4) is 0 Å². The van der Waals surface area contributed by atoms with Gasteiger partial charge in [-0.05, 0) is 67.9 Å². The second-order valence-electron chi connectivity index (χ2n) is 8.52. The van der Waals surface area contributed by atoms with Crippen molar-refractivity contribution in [2.24, 2.45) is 5.92 Å². The zero-order valence-electron chi connectivity index (χ0n) is 17.6. The first-order valence-electron chi connectivity index (χ1n) is 10.7. The van der Waals surface area contributed by atoms with E-state index in [2.05, 4.69) is 17.2 Å². The second kappa shape index (κ2) is 8.56. The van der Waals surface area contributed by atoms with Crippen molar-refractivity contribution in [2.75, 3.05) is 6.61 Å². The highest BCUT2D eigenvalue weighted by molar-refractivity contribution is 5.99. The molecule has 0 bridgehead atoms. The lowest BCUT2D eigenvalue weighted by Crippen LogP contribution is -2.56. The number of aryl methyl sites for hydroxylation is 1. The van der Waals surface area contributed by atoms with Gasteiger partial charge in [0.25, 0.3) is 5.91 Å². The Hall–Kier alpha value is -2.73. The average molecular weight is 408 g/mol. The normalized spacial score (nSPS) is 26.0. The summed E-state index contributed by atoms with van der Waals surface area (Å²) < 4.78 is 6.24. The van der Waals surface area contributed by atoms with Gasteiger partial charge < -0.3 is 10.1 Å². The van der Waals surface area contributed by atoms with Gasteiger partial charge in [-0.15, -0.1) is 0 Å². The molecule has 0 unspecified atom stereocenters. The van der Waals surface area contributed by atoms with E-state index in [0.717, 1.165) is 36.8 Å². The van der Waals surface area contributed by atoms with Gasteiger partial charge in [-0.2, -0.15) is 0 Å². The summed E-state index contributed by atoms with van der Waals surface area (Å²) in [6, 6.07) is 10.7. The Morgan fingerprint density at radius 1 is 1.17 bits per heavy atom. The molecule has 1 aliphatic heterocycles. The molecule has 4 rings (SSSR count). The first-order chi connectivity index (χ1) is 14.5. The van der Waals surface area contributed by atoms with Crippen LogP contribution in [0.25, 0.3) is 0 Å². The van der Waals surface area contributed by atoms with Crippen LogP contribution in [0.2, 0.25) is 0 Å². The van der Waals surface area contributed by atoms with Gasteiger partial charge in [0.05, 0.1) is 6.61 Å². The highest BCUT2D eigenvalue weighted by Crippen LogP contribution is 2.43. The SMILES string of the molecule is Cc1ccccc1C(=O)N1[C@@H](C(=O)NCc2ccncc2)COC12CCC(C)CC2. The average Bonchev–Trinajstić information content (AvgIpc) is 3.14. The number of amides is 2. The number of aromatic nitrogens is 1. The van der Waals surface area contributed by atoms with E-state index in [0.29, 0.717) is 18.0 Å². The second-order valence-corrected chi connectivity index (χ2v) is 8.52. The maximum atomic E-state index is 13.7. The maximum Gasteiger partial charge on any atom is 0.257 e. The molecule has 1 aromatic heterocycles. The molecule has 1 aliphatic carbocycles. The molecule has 1 atom stereocenters. The fourth-order valence-corrected chi connectivity index (χ4v) is 4.53. The van der Waals surface area contributed by atoms with Crippen LogP contribution in [0.4, 0.5) is 0 Å². The largest absolute Gasteiger partial charge is 0.353 e. The van der Waals surface area contributed by atoms with Crippen LogP contribution in [0.5, 0.6) is 0 Å². The van der Waals surface area contributed by atoms with Crippen molar-refractivity contribution in [1.29, 1.82) is 0 Å². The molecule has 158 valence electrons. The van der Waals surface area contributed by atoms with Crippen LogP contribution in [0.1, 0.15) is 54.1 Å². The summed E-state index contributed by atoms with van der Waals surface area (Å²) in [4.78, 5) is 32.6. The number of carbonyl (C=O) groups excluding carboxylic acids is 2. The molecule has 6 heteroatoms. The van der Waals surface area contributed by atoms with Gasteiger partial charge in [-0.3, -0.25) is 19.5 Å². The lowest BCUT2D eigenvalue weighted by atomic mass is 9.83. The fraction of sp³-hybridized carbons (Fsp3) is 0.458. The third kappa shape index (κ3) is 3.97. The van der Waals surface area contributed by atoms with E-state index in [9.17, 15) is 9.59 Å². The van der Waals surface area contributed by atoms with Gasteiger partial charge in [-0.1, -0.05) is 25.1 Å². The fourth-order valence-electron chi connectivity index (χ4n) is 4.53. The standard InChI is InChI=1S/C24H29N3O3/c1-17-7-11-24(12-8-17)27(23(29)20-6-4-3-5-18(20)2)21(16-30-24)22(28)26-15-19-9-13-25-14-10-19/h3-6,9-10,13-14,17,21H,7-8,11-12,15-16H2,1-2H3,(H,26,28)/t17?,21-,24?/m1/s1. The predicted octanol–water partition coefficient (Wildman–Crippen LogP) is 3.45. The molecule has 1 saturated carbocycles. The maximum absolute atomic E-state index is 13.7. The lowest BCUT2D eigenvalue weighted by Gasteiger charge is -2.43. The molecule has 0 radical (unpaired) electrons. The third-order valence-electron chi connectivity index (χ3n) is 6.43. The van der Waals surface area contributed by atoms with Crippen molar-refractivity contribution in [2.45, 2.75) is 57.8 Å². The first-order valence-corrected chi connectivity index (χ1v) is 10.7. The Labute approximate surface area is 177 Å². The van der Waals surface area contributed by atoms with Crippen molar-refractivity contribution in [3.63, 3.8) is 0 Å². The Bertz CT molecular complexity index is 907. The highest BCUT2D eigenvalue weighted by atomic mass is 16.5. The van der Waals surface area contributed by atoms with Crippen molar-refractivity contribution in [1.82, 2.24) is 15.2 Å². The van der Waals surface area contributed by atoms with Crippen LogP contribution in [0.15, 0.2) is 48.8 Å². The van der Waals surface area contributed by atoms with Crippen molar-refractivity contribution >= 4 is 11.8 Å². The summed E-state index contributed by atoms with van der Waals surface area (Å²) in [7, 11) is 0. The number of hydrogen-bond acceptors (Lipinski definition) is 4. The van der Waals surface area contributed by atoms with Crippen molar-refractivity contribution in [3.8, 4) is 0 Å². The number of rotatable bonds is 4. The molecule has 1 spiro atoms. The van der Waals surface area contributed by atoms with Crippen LogP contribution < -0.4 is 5.32 Å². The van der Waals surface area contributed by atoms with Gasteiger partial charge in [0.1, 0.15) is 11.8 Å². The van der Waals surface area contributed by atoms with Gasteiger partial charge in [0.15, 0.2) is 0 Å². The quantitative estimate of drug-likeness (QED) is 0.843. The van der Waals surface area contributed by atoms with E-state index in [1.807, 2.05) is 43.3 Å². The Balaban J connectivity index is 1.59. The highest BCUT2D eigenvalue weighted by Gasteiger charge is 2.53. The molecule has 30 heavy (non-hydrogen) atoms. The van der Waals surface area contributed by atoms with Crippen LogP contribution in [0, 0.1) is 12.8 Å². The van der Waals surface area contributed by atoms with Gasteiger partial charge in [0.2, 0.25) is 5.91 Å². The van der Waals surface area contributed by atoms with Crippen molar-refractivity contribution in [3.05, 3.63) is 65.5 Å². The minimum atomic E-state index is -0.690. The van der Waals surface area contributed by atoms with E-state index in [1.54, 1.807) is 17.3 Å². The summed E-state index contributed by atoms with van der Waals surface area (Å²) in [5.74, 6) is 0.308. The molecule has 1 N–H and O–H groups in total. The number of pyridine rings is 1. The summed E-state index contributed by atoms with van der Waals surface area (Å²) >= 11 is 0. The molecule has 1 saturated heterocycles. The zero-order valence-corrected chi connectivity index (χ0v) is 17.6. The van der Waals surface area contributed by atoms with E-state index in [1.165, 1.54) is 0 Å². The predicted molar refractivity (Wildman–Crippen MR) is 114 cm³/mol. The molecule has 2 amide bonds. The topological polar surface area (TPSA) is 71.5 Å². The summed E-state index contributed by atoms with van der Waals surface area (Å²) in [5.41, 5.74) is 1.82. The lowest BCUT2D eigenvalue weighted by molar-refractivity contribution is -0.128. The molecule has 2 aliphatic rings. The minimum absolute atomic E-state index is 0.121. The van der Waals surface area contributed by atoms with E-state index < -0.39 is 11.8 Å². The molecule has 2 heterocycles. The number of hydrogen-bond donors (Lipinski definition) is 1. The summed E-state index contributed by atoms with van der Waals surface area (Å²) in [6.45, 7) is 4.79. The Morgan fingerprint density at radius 2 is 1.87 bits per heavy atom. The first kappa shape index (κ1) is 20.5. The smallest absolute Gasteiger partial charge is 0.257 e. The van der Waals surface area contributed by atoms with Crippen LogP contribution in [-0.4, -0.2) is 40.1 Å². The van der Waals surface area contributed by atoms with E-state index >= 15 is 0 Å². The summed E-state index contributed by atoms with van der Waals surface area (Å²) in [5, 5.41) is 2.98. The monoisotopic (exact) mass is 407 g/mol. The molecule has 2 aromatic rings. The molecule has 1 aromatic carbocycles. The zero-order chi connectivity index (χ0) is 21.1. The van der Waals surface area contributed by atoms with Gasteiger partial charge in [0, 0.05) is 24.5 Å². The van der Waals surface area contributed by atoms with Gasteiger partial charge in [-0.25, -0.2) is 0 Å². The Morgan fingerprint density at radius 3 is 2.57 bits per heavy atom. The summed E-state index contributed by atoms with van der Waals surface area (Å²) in [6.07, 6.45) is 6.91. The number of carbonyl (C=O) groups is 2. The van der Waals surface area contributed by atoms with Crippen LogP contribution >= 0.6 is 0 Å². The van der Waals surface area contributed by atoms with Gasteiger partial charge >= 0.3 is 0 Å². The molecule has 6 nitrogen and oxygen atoms in total. The number of nitrogens with one attached hydrogen (secondary N) is 1. The molecular weight excluding hydrogens is 378 g/mol. The van der Waals surface area contributed by atoms with Crippen molar-refractivity contribution < 1.29 is 14.3 Å². The van der Waals surface area contributed by atoms with E-state index in [4.69, 9.17) is 4.74 Å². The minimum Gasteiger partial charge on any atom is -0.353 e. The number of benzene rings is 1. The number of nitrogens with zero attached hydrogens (tertiary/aromatic N) is 2. The molecule has 2 fully saturated rings. The third-order valence-corrected chi connectivity index (χ3v) is 6.43. The Kier molecular flexibility index (Phi) is 5.86. The van der Waals surface area contributed by atoms with Crippen LogP contribution in [-0.2, 0) is 16.1 Å². The van der Waals surface area contributed by atoms with E-state index in [-0.39, 0.29) is 18.4 Å².